The average Bonchev–Trinajstić information content (AvgIpc) is 3.38. The van der Waals surface area contributed by atoms with Crippen LogP contribution in [0.3, 0.4) is 0 Å². The first-order chi connectivity index (χ1) is 18.1. The Morgan fingerprint density at radius 2 is 1.87 bits per heavy atom. The van der Waals surface area contributed by atoms with Gasteiger partial charge < -0.3 is 14.1 Å². The number of alkyl halides is 3. The van der Waals surface area contributed by atoms with Gasteiger partial charge in [-0.2, -0.15) is 23.7 Å². The van der Waals surface area contributed by atoms with Gasteiger partial charge in [0.05, 0.1) is 47.7 Å². The van der Waals surface area contributed by atoms with Gasteiger partial charge in [-0.3, -0.25) is 4.90 Å². The SMILES string of the molecule is COC(=O)c1coc(CN2C(=O)N(c3cccc(C(F)(F)F)c3)C(C)=C(C#N)C2c2ccc(C#N)cc2)n1. The molecule has 0 aliphatic carbocycles. The minimum atomic E-state index is -4.66. The molecule has 1 aliphatic heterocycles. The van der Waals surface area contributed by atoms with E-state index in [0.29, 0.717) is 11.1 Å². The van der Waals surface area contributed by atoms with E-state index in [1.165, 1.54) is 36.1 Å². The third kappa shape index (κ3) is 4.80. The van der Waals surface area contributed by atoms with E-state index in [4.69, 9.17) is 9.68 Å². The van der Waals surface area contributed by atoms with Crippen molar-refractivity contribution in [2.75, 3.05) is 12.0 Å². The van der Waals surface area contributed by atoms with Crippen LogP contribution in [0.2, 0.25) is 0 Å². The van der Waals surface area contributed by atoms with Gasteiger partial charge in [-0.1, -0.05) is 18.2 Å². The Morgan fingerprint density at radius 3 is 2.47 bits per heavy atom. The van der Waals surface area contributed by atoms with Gasteiger partial charge in [0.15, 0.2) is 5.69 Å². The summed E-state index contributed by atoms with van der Waals surface area (Å²) in [5.41, 5.74) is -0.189. The molecule has 3 aromatic rings. The second kappa shape index (κ2) is 10.1. The summed E-state index contributed by atoms with van der Waals surface area (Å²) < 4.78 is 50.2. The van der Waals surface area contributed by atoms with Crippen molar-refractivity contribution in [2.24, 2.45) is 0 Å². The Morgan fingerprint density at radius 1 is 1.16 bits per heavy atom. The molecular formula is C26H18F3N5O4. The zero-order valence-electron chi connectivity index (χ0n) is 20.0. The molecular weight excluding hydrogens is 503 g/mol. The Balaban J connectivity index is 1.87. The van der Waals surface area contributed by atoms with E-state index < -0.39 is 29.8 Å². The lowest BCUT2D eigenvalue weighted by Crippen LogP contribution is -2.49. The number of esters is 1. The number of allylic oxidation sites excluding steroid dienone is 1. The number of benzene rings is 2. The number of methoxy groups -OCH3 is 1. The van der Waals surface area contributed by atoms with Crippen LogP contribution >= 0.6 is 0 Å². The molecule has 2 amide bonds. The summed E-state index contributed by atoms with van der Waals surface area (Å²) in [7, 11) is 1.16. The number of carbonyl (C=O) groups is 2. The monoisotopic (exact) mass is 521 g/mol. The summed E-state index contributed by atoms with van der Waals surface area (Å²) in [5, 5.41) is 19.3. The summed E-state index contributed by atoms with van der Waals surface area (Å²) >= 11 is 0. The molecule has 0 radical (unpaired) electrons. The lowest BCUT2D eigenvalue weighted by atomic mass is 9.93. The molecule has 0 saturated carbocycles. The highest BCUT2D eigenvalue weighted by molar-refractivity contribution is 5.97. The van der Waals surface area contributed by atoms with Gasteiger partial charge >= 0.3 is 18.2 Å². The smallest absolute Gasteiger partial charge is 0.416 e. The van der Waals surface area contributed by atoms with Gasteiger partial charge in [-0.25, -0.2) is 14.6 Å². The van der Waals surface area contributed by atoms with E-state index in [1.807, 2.05) is 6.07 Å². The zero-order chi connectivity index (χ0) is 27.6. The second-order valence-corrected chi connectivity index (χ2v) is 8.16. The molecule has 0 saturated heterocycles. The predicted octanol–water partition coefficient (Wildman–Crippen LogP) is 5.33. The van der Waals surface area contributed by atoms with Crippen molar-refractivity contribution in [3.05, 3.63) is 94.3 Å². The van der Waals surface area contributed by atoms with Crippen molar-refractivity contribution in [1.82, 2.24) is 9.88 Å². The molecule has 1 aromatic heterocycles. The third-order valence-corrected chi connectivity index (χ3v) is 5.91. The van der Waals surface area contributed by atoms with E-state index in [1.54, 1.807) is 12.1 Å². The molecule has 2 aromatic carbocycles. The van der Waals surface area contributed by atoms with E-state index >= 15 is 0 Å². The summed E-state index contributed by atoms with van der Waals surface area (Å²) in [6, 6.07) is 12.7. The topological polar surface area (TPSA) is 123 Å². The molecule has 9 nitrogen and oxygen atoms in total. The number of hydrogen-bond acceptors (Lipinski definition) is 7. The normalized spacial score (nSPS) is 15.8. The largest absolute Gasteiger partial charge is 0.464 e. The number of rotatable bonds is 5. The van der Waals surface area contributed by atoms with Gasteiger partial charge in [0, 0.05) is 5.70 Å². The van der Waals surface area contributed by atoms with Gasteiger partial charge in [0.25, 0.3) is 0 Å². The number of halogens is 3. The second-order valence-electron chi connectivity index (χ2n) is 8.16. The fourth-order valence-electron chi connectivity index (χ4n) is 4.10. The fraction of sp³-hybridized carbons (Fsp3) is 0.192. The summed E-state index contributed by atoms with van der Waals surface area (Å²) in [4.78, 5) is 31.9. The van der Waals surface area contributed by atoms with Crippen molar-refractivity contribution < 1.29 is 31.9 Å². The first kappa shape index (κ1) is 26.0. The number of oxazole rings is 1. The van der Waals surface area contributed by atoms with Gasteiger partial charge in [0.2, 0.25) is 5.89 Å². The fourth-order valence-corrected chi connectivity index (χ4v) is 4.10. The highest BCUT2D eigenvalue weighted by atomic mass is 19.4. The maximum atomic E-state index is 13.9. The predicted molar refractivity (Wildman–Crippen MR) is 125 cm³/mol. The first-order valence-corrected chi connectivity index (χ1v) is 11.0. The summed E-state index contributed by atoms with van der Waals surface area (Å²) in [6.45, 7) is 1.12. The molecule has 0 spiro atoms. The number of nitrogens with zero attached hydrogens (tertiary/aromatic N) is 5. The third-order valence-electron chi connectivity index (χ3n) is 5.91. The van der Waals surface area contributed by atoms with Gasteiger partial charge in [0.1, 0.15) is 12.8 Å². The molecule has 1 aliphatic rings. The maximum Gasteiger partial charge on any atom is 0.416 e. The molecule has 0 fully saturated rings. The maximum absolute atomic E-state index is 13.9. The first-order valence-electron chi connectivity index (χ1n) is 11.0. The van der Waals surface area contributed by atoms with Crippen LogP contribution in [-0.4, -0.2) is 29.0 Å². The number of carbonyl (C=O) groups excluding carboxylic acids is 2. The zero-order valence-corrected chi connectivity index (χ0v) is 20.0. The van der Waals surface area contributed by atoms with Crippen LogP contribution in [0.5, 0.6) is 0 Å². The average molecular weight is 521 g/mol. The Kier molecular flexibility index (Phi) is 6.91. The number of anilines is 1. The van der Waals surface area contributed by atoms with Crippen LogP contribution in [0.15, 0.2) is 70.5 Å². The molecule has 0 bridgehead atoms. The quantitative estimate of drug-likeness (QED) is 0.416. The lowest BCUT2D eigenvalue weighted by molar-refractivity contribution is -0.137. The molecule has 12 heteroatoms. The standard InChI is InChI=1S/C26H18F3N5O4/c1-15-20(12-31)23(17-8-6-16(11-30)7-9-17)33(13-22-32-21(14-38-22)24(35)37-2)25(36)34(15)19-5-3-4-18(10-19)26(27,28)29/h3-10,14,23H,13H2,1-2H3. The van der Waals surface area contributed by atoms with Crippen LogP contribution in [0, 0.1) is 22.7 Å². The Hall–Kier alpha value is -5.10. The van der Waals surface area contributed by atoms with Gasteiger partial charge in [-0.05, 0) is 42.8 Å². The number of urea groups is 1. The van der Waals surface area contributed by atoms with Crippen LogP contribution in [0.1, 0.15) is 46.0 Å². The van der Waals surface area contributed by atoms with Crippen LogP contribution < -0.4 is 4.90 Å². The lowest BCUT2D eigenvalue weighted by Gasteiger charge is -2.41. The number of nitriles is 2. The van der Waals surface area contributed by atoms with Crippen LogP contribution in [0.25, 0.3) is 0 Å². The van der Waals surface area contributed by atoms with Crippen molar-refractivity contribution >= 4 is 17.7 Å². The van der Waals surface area contributed by atoms with Crippen molar-refractivity contribution in [3.63, 3.8) is 0 Å². The molecule has 4 rings (SSSR count). The number of amides is 2. The minimum Gasteiger partial charge on any atom is -0.464 e. The van der Waals surface area contributed by atoms with Crippen molar-refractivity contribution in [2.45, 2.75) is 25.7 Å². The Bertz CT molecular complexity index is 1510. The van der Waals surface area contributed by atoms with Crippen LogP contribution in [-0.2, 0) is 17.5 Å². The number of hydrogen-bond donors (Lipinski definition) is 0. The van der Waals surface area contributed by atoms with Gasteiger partial charge in [-0.15, -0.1) is 0 Å². The number of aromatic nitrogens is 1. The molecule has 192 valence electrons. The Labute approximate surface area is 214 Å². The molecule has 2 heterocycles. The van der Waals surface area contributed by atoms with Crippen molar-refractivity contribution in [1.29, 1.82) is 10.5 Å². The summed E-state index contributed by atoms with van der Waals surface area (Å²) in [5.74, 6) is -0.842. The highest BCUT2D eigenvalue weighted by Gasteiger charge is 2.41. The van der Waals surface area contributed by atoms with Crippen molar-refractivity contribution in [3.8, 4) is 12.1 Å². The molecule has 38 heavy (non-hydrogen) atoms. The van der Waals surface area contributed by atoms with E-state index in [2.05, 4.69) is 15.8 Å². The molecule has 1 atom stereocenters. The van der Waals surface area contributed by atoms with Crippen LogP contribution in [0.4, 0.5) is 23.7 Å². The van der Waals surface area contributed by atoms with E-state index in [0.717, 1.165) is 30.4 Å². The highest BCUT2D eigenvalue weighted by Crippen LogP contribution is 2.41. The number of ether oxygens (including phenoxy) is 1. The minimum absolute atomic E-state index is 0.0711. The van der Waals surface area contributed by atoms with E-state index in [9.17, 15) is 28.0 Å². The molecule has 1 unspecified atom stereocenters. The summed E-state index contributed by atoms with van der Waals surface area (Å²) in [6.07, 6.45) is -3.61. The van der Waals surface area contributed by atoms with E-state index in [-0.39, 0.29) is 35.1 Å². The molecule has 0 N–H and O–H groups in total.